The predicted molar refractivity (Wildman–Crippen MR) is 45.1 cm³/mol. The molecular weight excluding hydrogens is 174 g/mol. The first-order valence-corrected chi connectivity index (χ1v) is 4.41. The number of nitrogens with one attached hydrogen (secondary N) is 1. The van der Waals surface area contributed by atoms with Crippen molar-refractivity contribution < 1.29 is 19.7 Å². The monoisotopic (exact) mass is 189 g/mol. The van der Waals surface area contributed by atoms with Gasteiger partial charge in [0.1, 0.15) is 6.04 Å². The fraction of sp³-hybridized carbons (Fsp3) is 0.875. The van der Waals surface area contributed by atoms with E-state index in [2.05, 4.69) is 5.32 Å². The number of hydrogen-bond acceptors (Lipinski definition) is 5. The van der Waals surface area contributed by atoms with E-state index in [9.17, 15) is 9.90 Å². The minimum atomic E-state index is -0.837. The number of piperidine rings is 1. The first-order valence-electron chi connectivity index (χ1n) is 4.41. The van der Waals surface area contributed by atoms with Crippen LogP contribution in [0.1, 0.15) is 13.3 Å². The van der Waals surface area contributed by atoms with Crippen LogP contribution < -0.4 is 5.32 Å². The average molecular weight is 189 g/mol. The van der Waals surface area contributed by atoms with E-state index >= 15 is 0 Å². The number of carbonyl (C=O) groups excluding carboxylic acids is 1. The molecule has 0 radical (unpaired) electrons. The van der Waals surface area contributed by atoms with E-state index in [0.717, 1.165) is 0 Å². The molecule has 13 heavy (non-hydrogen) atoms. The Morgan fingerprint density at radius 3 is 2.77 bits per heavy atom. The van der Waals surface area contributed by atoms with E-state index in [1.54, 1.807) is 6.92 Å². The first kappa shape index (κ1) is 10.4. The van der Waals surface area contributed by atoms with E-state index in [1.807, 2.05) is 0 Å². The fourth-order valence-corrected chi connectivity index (χ4v) is 1.30. The first-order chi connectivity index (χ1) is 6.15. The van der Waals surface area contributed by atoms with Gasteiger partial charge in [-0.2, -0.15) is 0 Å². The Labute approximate surface area is 76.7 Å². The molecule has 5 heteroatoms. The second-order valence-electron chi connectivity index (χ2n) is 3.08. The maximum atomic E-state index is 11.2. The molecule has 1 fully saturated rings. The van der Waals surface area contributed by atoms with Crippen LogP contribution in [0.3, 0.4) is 0 Å². The quantitative estimate of drug-likeness (QED) is 0.467. The van der Waals surface area contributed by atoms with Crippen LogP contribution >= 0.6 is 0 Å². The molecule has 0 saturated carbocycles. The van der Waals surface area contributed by atoms with Gasteiger partial charge in [0.2, 0.25) is 0 Å². The highest BCUT2D eigenvalue weighted by molar-refractivity contribution is 5.76. The summed E-state index contributed by atoms with van der Waals surface area (Å²) < 4.78 is 4.77. The van der Waals surface area contributed by atoms with Crippen molar-refractivity contribution in [2.24, 2.45) is 0 Å². The van der Waals surface area contributed by atoms with Crippen LogP contribution in [0, 0.1) is 0 Å². The minimum absolute atomic E-state index is 0.208. The normalized spacial score (nSPS) is 34.2. The summed E-state index contributed by atoms with van der Waals surface area (Å²) in [5.41, 5.74) is 0. The van der Waals surface area contributed by atoms with Crippen molar-refractivity contribution in [2.45, 2.75) is 31.6 Å². The highest BCUT2D eigenvalue weighted by Gasteiger charge is 2.31. The van der Waals surface area contributed by atoms with Crippen molar-refractivity contribution in [1.82, 2.24) is 5.32 Å². The summed E-state index contributed by atoms with van der Waals surface area (Å²) in [6.45, 7) is 2.28. The summed E-state index contributed by atoms with van der Waals surface area (Å²) in [4.78, 5) is 11.2. The number of esters is 1. The molecule has 1 heterocycles. The molecule has 3 atom stereocenters. The Bertz CT molecular complexity index is 185. The van der Waals surface area contributed by atoms with Crippen LogP contribution in [-0.4, -0.2) is 47.6 Å². The van der Waals surface area contributed by atoms with Crippen molar-refractivity contribution in [1.29, 1.82) is 0 Å². The molecule has 1 saturated heterocycles. The lowest BCUT2D eigenvalue weighted by atomic mass is 10.00. The average Bonchev–Trinajstić information content (AvgIpc) is 2.10. The molecule has 1 aliphatic rings. The molecular formula is C8H15NO4. The standard InChI is InChI=1S/C8H15NO4/c1-2-13-8(12)5-3-6(10)7(11)4-9-5/h5-7,9-11H,2-4H2,1H3/t5?,6-,7+/m1/s1. The zero-order valence-corrected chi connectivity index (χ0v) is 7.56. The van der Waals surface area contributed by atoms with Gasteiger partial charge >= 0.3 is 5.97 Å². The van der Waals surface area contributed by atoms with Crippen molar-refractivity contribution in [2.75, 3.05) is 13.2 Å². The molecule has 0 amide bonds. The molecule has 0 aromatic heterocycles. The molecule has 0 spiro atoms. The van der Waals surface area contributed by atoms with Crippen molar-refractivity contribution in [3.63, 3.8) is 0 Å². The van der Waals surface area contributed by atoms with Gasteiger partial charge < -0.3 is 20.3 Å². The molecule has 76 valence electrons. The van der Waals surface area contributed by atoms with Crippen LogP contribution in [0.25, 0.3) is 0 Å². The summed E-state index contributed by atoms with van der Waals surface area (Å²) >= 11 is 0. The maximum absolute atomic E-state index is 11.2. The smallest absolute Gasteiger partial charge is 0.323 e. The van der Waals surface area contributed by atoms with Gasteiger partial charge in [-0.15, -0.1) is 0 Å². The van der Waals surface area contributed by atoms with Gasteiger partial charge in [0, 0.05) is 13.0 Å². The Kier molecular flexibility index (Phi) is 3.65. The Hall–Kier alpha value is -0.650. The third kappa shape index (κ3) is 2.65. The summed E-state index contributed by atoms with van der Waals surface area (Å²) in [7, 11) is 0. The van der Waals surface area contributed by atoms with Gasteiger partial charge in [-0.05, 0) is 6.92 Å². The molecule has 5 nitrogen and oxygen atoms in total. The van der Waals surface area contributed by atoms with Gasteiger partial charge in [0.25, 0.3) is 0 Å². The summed E-state index contributed by atoms with van der Waals surface area (Å²) in [6, 6.07) is -0.488. The van der Waals surface area contributed by atoms with Crippen molar-refractivity contribution >= 4 is 5.97 Å². The number of aliphatic hydroxyl groups is 2. The third-order valence-electron chi connectivity index (χ3n) is 2.07. The van der Waals surface area contributed by atoms with Crippen LogP contribution in [0.5, 0.6) is 0 Å². The van der Waals surface area contributed by atoms with Crippen LogP contribution in [0.4, 0.5) is 0 Å². The van der Waals surface area contributed by atoms with Gasteiger partial charge in [0.15, 0.2) is 0 Å². The van der Waals surface area contributed by atoms with Gasteiger partial charge in [0.05, 0.1) is 18.8 Å². The van der Waals surface area contributed by atoms with E-state index < -0.39 is 18.2 Å². The second-order valence-corrected chi connectivity index (χ2v) is 3.08. The highest BCUT2D eigenvalue weighted by atomic mass is 16.5. The van der Waals surface area contributed by atoms with E-state index in [0.29, 0.717) is 6.61 Å². The molecule has 0 bridgehead atoms. The highest BCUT2D eigenvalue weighted by Crippen LogP contribution is 2.10. The minimum Gasteiger partial charge on any atom is -0.465 e. The number of carbonyl (C=O) groups is 1. The second kappa shape index (κ2) is 4.55. The fourth-order valence-electron chi connectivity index (χ4n) is 1.30. The predicted octanol–water partition coefficient (Wildman–Crippen LogP) is -1.37. The number of hydrogen-bond donors (Lipinski definition) is 3. The van der Waals surface area contributed by atoms with Crippen molar-refractivity contribution in [3.05, 3.63) is 0 Å². The molecule has 1 aliphatic heterocycles. The molecule has 0 aromatic carbocycles. The molecule has 3 N–H and O–H groups in total. The molecule has 0 aromatic rings. The largest absolute Gasteiger partial charge is 0.465 e. The summed E-state index contributed by atoms with van der Waals surface area (Å²) in [6.07, 6.45) is -1.42. The molecule has 1 unspecified atom stereocenters. The van der Waals surface area contributed by atoms with Gasteiger partial charge in [-0.3, -0.25) is 4.79 Å². The SMILES string of the molecule is CCOC(=O)C1C[C@@H](O)[C@@H](O)CN1. The van der Waals surface area contributed by atoms with Gasteiger partial charge in [-0.1, -0.05) is 0 Å². The maximum Gasteiger partial charge on any atom is 0.323 e. The van der Waals surface area contributed by atoms with E-state index in [-0.39, 0.29) is 18.9 Å². The summed E-state index contributed by atoms with van der Waals surface area (Å²) in [5.74, 6) is -0.367. The number of aliphatic hydroxyl groups excluding tert-OH is 2. The number of rotatable bonds is 2. The lowest BCUT2D eigenvalue weighted by molar-refractivity contribution is -0.148. The van der Waals surface area contributed by atoms with Crippen LogP contribution in [-0.2, 0) is 9.53 Å². The third-order valence-corrected chi connectivity index (χ3v) is 2.07. The Morgan fingerprint density at radius 2 is 2.23 bits per heavy atom. The van der Waals surface area contributed by atoms with E-state index in [4.69, 9.17) is 9.84 Å². The van der Waals surface area contributed by atoms with Crippen LogP contribution in [0.15, 0.2) is 0 Å². The Morgan fingerprint density at radius 1 is 1.54 bits per heavy atom. The molecule has 0 aliphatic carbocycles. The van der Waals surface area contributed by atoms with Gasteiger partial charge in [-0.25, -0.2) is 0 Å². The Balaban J connectivity index is 2.40. The topological polar surface area (TPSA) is 78.8 Å². The molecule has 1 rings (SSSR count). The number of ether oxygens (including phenoxy) is 1. The van der Waals surface area contributed by atoms with Crippen LogP contribution in [0.2, 0.25) is 0 Å². The van der Waals surface area contributed by atoms with E-state index in [1.165, 1.54) is 0 Å². The lowest BCUT2D eigenvalue weighted by Gasteiger charge is -2.29. The number of β-amino-alcohol motifs (C(OH)–C–C–N with tert-alkyl or cyclic N) is 1. The zero-order valence-electron chi connectivity index (χ0n) is 7.56. The zero-order chi connectivity index (χ0) is 9.84. The lowest BCUT2D eigenvalue weighted by Crippen LogP contribution is -2.53. The van der Waals surface area contributed by atoms with Crippen molar-refractivity contribution in [3.8, 4) is 0 Å². The summed E-state index contributed by atoms with van der Waals surface area (Å²) in [5, 5.41) is 21.2.